The fraction of sp³-hybridized carbons (Fsp3) is 0.261. The Morgan fingerprint density at radius 1 is 1.21 bits per heavy atom. The summed E-state index contributed by atoms with van der Waals surface area (Å²) in [5, 5.41) is 18.7. The maximum Gasteiger partial charge on any atom is 0.251 e. The van der Waals surface area contributed by atoms with Crippen molar-refractivity contribution < 1.29 is 19.3 Å². The van der Waals surface area contributed by atoms with Gasteiger partial charge < -0.3 is 20.5 Å². The largest absolute Gasteiger partial charge is 0.554 e. The maximum absolute atomic E-state index is 12.6. The van der Waals surface area contributed by atoms with E-state index >= 15 is 0 Å². The van der Waals surface area contributed by atoms with E-state index in [4.69, 9.17) is 9.90 Å². The number of rotatable bonds is 7. The summed E-state index contributed by atoms with van der Waals surface area (Å²) in [4.78, 5) is 25.3. The second-order valence-corrected chi connectivity index (χ2v) is 7.47. The first kappa shape index (κ1) is 23.5. The zero-order valence-corrected chi connectivity index (χ0v) is 18.8. The van der Waals surface area contributed by atoms with Gasteiger partial charge >= 0.3 is 0 Å². The molecule has 172 valence electrons. The highest BCUT2D eigenvalue weighted by Crippen LogP contribution is 2.23. The number of carbonyl (C=O) groups is 2. The number of anilines is 1. The third-order valence-corrected chi connectivity index (χ3v) is 5.03. The fourth-order valence-electron chi connectivity index (χ4n) is 3.41. The van der Waals surface area contributed by atoms with Gasteiger partial charge in [-0.1, -0.05) is 0 Å². The van der Waals surface area contributed by atoms with E-state index in [1.807, 2.05) is 75.8 Å². The van der Waals surface area contributed by atoms with Crippen molar-refractivity contribution in [3.8, 4) is 11.4 Å². The van der Waals surface area contributed by atoms with Crippen LogP contribution in [0.5, 0.6) is 0 Å². The summed E-state index contributed by atoms with van der Waals surface area (Å²) in [6.45, 7) is 4.93. The van der Waals surface area contributed by atoms with E-state index in [2.05, 4.69) is 34.6 Å². The van der Waals surface area contributed by atoms with Crippen molar-refractivity contribution in [3.63, 3.8) is 0 Å². The first-order chi connectivity index (χ1) is 16.0. The topological polar surface area (TPSA) is 120 Å². The average Bonchev–Trinajstić information content (AvgIpc) is 3.46. The van der Waals surface area contributed by atoms with Gasteiger partial charge in [0.15, 0.2) is 18.9 Å². The van der Waals surface area contributed by atoms with Gasteiger partial charge in [0.25, 0.3) is 5.91 Å². The van der Waals surface area contributed by atoms with Crippen molar-refractivity contribution in [2.24, 2.45) is 0 Å². The molecule has 0 saturated heterocycles. The number of pyridine rings is 2. The van der Waals surface area contributed by atoms with Crippen molar-refractivity contribution in [2.75, 3.05) is 18.9 Å². The molecule has 4 heterocycles. The minimum atomic E-state index is -0.500. The molecule has 0 radical (unpaired) electrons. The molecule has 4 aromatic rings. The van der Waals surface area contributed by atoms with Crippen LogP contribution in [0.15, 0.2) is 61.3 Å². The Bertz CT molecular complexity index is 1210. The van der Waals surface area contributed by atoms with Crippen LogP contribution in [0.25, 0.3) is 17.0 Å². The van der Waals surface area contributed by atoms with Crippen LogP contribution in [0.3, 0.4) is 0 Å². The lowest BCUT2D eigenvalue weighted by Crippen LogP contribution is -2.40. The average molecular weight is 450 g/mol. The molecule has 0 unspecified atom stereocenters. The van der Waals surface area contributed by atoms with Gasteiger partial charge in [0.2, 0.25) is 0 Å². The zero-order valence-electron chi connectivity index (χ0n) is 18.8. The number of hydrogen-bond donors (Lipinski definition) is 2. The molecule has 0 aliphatic rings. The summed E-state index contributed by atoms with van der Waals surface area (Å²) in [5.74, 6) is -0.110. The lowest BCUT2D eigenvalue weighted by Gasteiger charge is -2.11. The normalized spacial score (nSPS) is 10.5. The van der Waals surface area contributed by atoms with Gasteiger partial charge in [0.05, 0.1) is 24.1 Å². The molecule has 1 amide bonds. The molecular weight excluding hydrogens is 422 g/mol. The minimum Gasteiger partial charge on any atom is -0.554 e. The molecule has 4 rings (SSSR count). The molecule has 10 nitrogen and oxygen atoms in total. The van der Waals surface area contributed by atoms with Crippen molar-refractivity contribution in [2.45, 2.75) is 26.4 Å². The molecule has 0 aromatic carbocycles. The van der Waals surface area contributed by atoms with Gasteiger partial charge in [-0.05, 0) is 32.0 Å². The van der Waals surface area contributed by atoms with Gasteiger partial charge in [0, 0.05) is 55.3 Å². The van der Waals surface area contributed by atoms with Gasteiger partial charge in [0.1, 0.15) is 5.65 Å². The molecule has 2 N–H and O–H groups in total. The first-order valence-electron chi connectivity index (χ1n) is 10.5. The second-order valence-electron chi connectivity index (χ2n) is 7.47. The standard InChI is InChI=1S/C22H25N7O.CH2O2/c1-16(2)29-19(4-8-26-29)20-15-25-21-14-17(5-12-28(20)21)22(30)24-9-13-27-10-6-18(23-3)7-11-27;2-1-3/h4-8,10-12,14-16H,9,13H2,1-3H3,(H,24,30);1H,(H,2,3). The molecule has 0 fully saturated rings. The van der Waals surface area contributed by atoms with Crippen LogP contribution in [-0.2, 0) is 11.3 Å². The molecule has 0 aliphatic heterocycles. The number of carbonyl (C=O) groups excluding carboxylic acids is 2. The summed E-state index contributed by atoms with van der Waals surface area (Å²) in [6.07, 6.45) is 9.46. The summed E-state index contributed by atoms with van der Waals surface area (Å²) >= 11 is 0. The van der Waals surface area contributed by atoms with Crippen molar-refractivity contribution >= 4 is 23.7 Å². The predicted molar refractivity (Wildman–Crippen MR) is 121 cm³/mol. The lowest BCUT2D eigenvalue weighted by molar-refractivity contribution is -0.694. The van der Waals surface area contributed by atoms with E-state index in [0.717, 1.165) is 22.7 Å². The van der Waals surface area contributed by atoms with E-state index in [1.54, 1.807) is 6.20 Å². The van der Waals surface area contributed by atoms with Crippen LogP contribution < -0.4 is 20.3 Å². The van der Waals surface area contributed by atoms with Crippen molar-refractivity contribution in [1.29, 1.82) is 0 Å². The quantitative estimate of drug-likeness (QED) is 0.320. The zero-order chi connectivity index (χ0) is 23.8. The Morgan fingerprint density at radius 3 is 2.61 bits per heavy atom. The number of amides is 1. The summed E-state index contributed by atoms with van der Waals surface area (Å²) in [7, 11) is 1.89. The second kappa shape index (κ2) is 10.9. The van der Waals surface area contributed by atoms with Crippen LogP contribution in [0, 0.1) is 0 Å². The van der Waals surface area contributed by atoms with Crippen LogP contribution in [-0.4, -0.2) is 45.1 Å². The fourth-order valence-corrected chi connectivity index (χ4v) is 3.41. The Balaban J connectivity index is 0.000000968. The van der Waals surface area contributed by atoms with Crippen molar-refractivity contribution in [1.82, 2.24) is 24.5 Å². The molecule has 0 bridgehead atoms. The van der Waals surface area contributed by atoms with Crippen molar-refractivity contribution in [3.05, 3.63) is 66.9 Å². The molecule has 0 aliphatic carbocycles. The highest BCUT2D eigenvalue weighted by Gasteiger charge is 2.14. The number of nitrogens with zero attached hydrogens (tertiary/aromatic N) is 5. The number of hydrogen-bond acceptors (Lipinski definition) is 6. The highest BCUT2D eigenvalue weighted by atomic mass is 16.3. The molecule has 0 saturated carbocycles. The Morgan fingerprint density at radius 2 is 1.94 bits per heavy atom. The number of carboxylic acid groups (broad SMARTS) is 1. The lowest BCUT2D eigenvalue weighted by atomic mass is 10.2. The predicted octanol–water partition coefficient (Wildman–Crippen LogP) is 0.904. The smallest absolute Gasteiger partial charge is 0.251 e. The Hall–Kier alpha value is -4.21. The molecule has 0 spiro atoms. The van der Waals surface area contributed by atoms with E-state index in [9.17, 15) is 4.79 Å². The van der Waals surface area contributed by atoms with Crippen LogP contribution >= 0.6 is 0 Å². The summed E-state index contributed by atoms with van der Waals surface area (Å²) in [5.41, 5.74) is 4.32. The number of imidazole rings is 1. The van der Waals surface area contributed by atoms with Gasteiger partial charge in [-0.15, -0.1) is 0 Å². The van der Waals surface area contributed by atoms with Crippen LogP contribution in [0.4, 0.5) is 5.69 Å². The molecule has 33 heavy (non-hydrogen) atoms. The van der Waals surface area contributed by atoms with Crippen LogP contribution in [0.2, 0.25) is 0 Å². The van der Waals surface area contributed by atoms with E-state index in [0.29, 0.717) is 18.7 Å². The molecule has 4 aromatic heterocycles. The third-order valence-electron chi connectivity index (χ3n) is 5.03. The maximum atomic E-state index is 12.6. The monoisotopic (exact) mass is 449 g/mol. The third kappa shape index (κ3) is 5.53. The van der Waals surface area contributed by atoms with E-state index < -0.39 is 6.47 Å². The number of nitrogens with one attached hydrogen (secondary N) is 2. The summed E-state index contributed by atoms with van der Waals surface area (Å²) < 4.78 is 5.97. The molecule has 0 atom stereocenters. The Kier molecular flexibility index (Phi) is 7.74. The minimum absolute atomic E-state index is 0.110. The van der Waals surface area contributed by atoms with E-state index in [-0.39, 0.29) is 11.9 Å². The van der Waals surface area contributed by atoms with Gasteiger partial charge in [-0.25, -0.2) is 9.55 Å². The summed E-state index contributed by atoms with van der Waals surface area (Å²) in [6, 6.07) is 9.85. The van der Waals surface area contributed by atoms with Gasteiger partial charge in [-0.2, -0.15) is 5.10 Å². The van der Waals surface area contributed by atoms with E-state index in [1.165, 1.54) is 0 Å². The number of aromatic nitrogens is 5. The van der Waals surface area contributed by atoms with Gasteiger partial charge in [-0.3, -0.25) is 13.9 Å². The highest BCUT2D eigenvalue weighted by molar-refractivity contribution is 5.95. The molecular formula is C23H27N7O3. The molecule has 10 heteroatoms. The first-order valence-corrected chi connectivity index (χ1v) is 10.5. The SMILES string of the molecule is CNc1cc[n+](CCNC(=O)c2ccn3c(-c4ccnn4C(C)C)cnc3c2)cc1.O=C[O-]. The van der Waals surface area contributed by atoms with Crippen LogP contribution in [0.1, 0.15) is 30.2 Å². The Labute approximate surface area is 191 Å². The number of fused-ring (bicyclic) bond motifs is 1.